The summed E-state index contributed by atoms with van der Waals surface area (Å²) in [5.74, 6) is 0.329. The van der Waals surface area contributed by atoms with Crippen molar-refractivity contribution in [3.63, 3.8) is 0 Å². The average Bonchev–Trinajstić information content (AvgIpc) is 2.61. The van der Waals surface area contributed by atoms with E-state index in [9.17, 15) is 13.2 Å². The van der Waals surface area contributed by atoms with Gasteiger partial charge in [0.25, 0.3) is 5.91 Å². The lowest BCUT2D eigenvalue weighted by molar-refractivity contribution is 0.0942. The number of hydrogen-bond donors (Lipinski definition) is 1. The summed E-state index contributed by atoms with van der Waals surface area (Å²) >= 11 is 6.09. The minimum Gasteiger partial charge on any atom is -0.497 e. The molecule has 146 valence electrons. The Balaban J connectivity index is 2.19. The molecule has 0 fully saturated rings. The molecular weight excluding hydrogens is 388 g/mol. The lowest BCUT2D eigenvalue weighted by atomic mass is 10.1. The zero-order chi connectivity index (χ0) is 20.2. The molecule has 0 aliphatic carbocycles. The second-order valence-corrected chi connectivity index (χ2v) is 8.80. The zero-order valence-corrected chi connectivity index (χ0v) is 17.3. The van der Waals surface area contributed by atoms with Gasteiger partial charge in [-0.15, -0.1) is 0 Å². The van der Waals surface area contributed by atoms with Gasteiger partial charge in [-0.25, -0.2) is 8.42 Å². The number of benzene rings is 2. The monoisotopic (exact) mass is 410 g/mol. The Morgan fingerprint density at radius 2 is 1.81 bits per heavy atom. The standard InChI is InChI=1S/C19H23ClN2O4S/c1-22(2)18(13-5-7-14(26-3)8-6-13)12-21-19(23)16-11-15(27(4,24)25)9-10-17(16)20/h5-11,18H,12H2,1-4H3,(H,21,23). The Morgan fingerprint density at radius 1 is 1.19 bits per heavy atom. The molecule has 0 saturated heterocycles. The van der Waals surface area contributed by atoms with E-state index >= 15 is 0 Å². The highest BCUT2D eigenvalue weighted by molar-refractivity contribution is 7.90. The van der Waals surface area contributed by atoms with Crippen LogP contribution >= 0.6 is 11.6 Å². The Morgan fingerprint density at radius 3 is 2.33 bits per heavy atom. The third-order valence-electron chi connectivity index (χ3n) is 4.19. The maximum Gasteiger partial charge on any atom is 0.252 e. The second kappa shape index (κ2) is 8.73. The molecule has 1 atom stereocenters. The van der Waals surface area contributed by atoms with E-state index < -0.39 is 15.7 Å². The van der Waals surface area contributed by atoms with E-state index in [2.05, 4.69) is 5.32 Å². The molecule has 0 aliphatic rings. The fourth-order valence-corrected chi connectivity index (χ4v) is 3.47. The molecule has 0 bridgehead atoms. The Bertz CT molecular complexity index is 912. The Hall–Kier alpha value is -2.09. The number of carbonyl (C=O) groups excluding carboxylic acids is 1. The lowest BCUT2D eigenvalue weighted by Crippen LogP contribution is -2.34. The summed E-state index contributed by atoms with van der Waals surface area (Å²) in [7, 11) is 2.01. The quantitative estimate of drug-likeness (QED) is 0.759. The molecule has 1 unspecified atom stereocenters. The first-order chi connectivity index (χ1) is 12.6. The highest BCUT2D eigenvalue weighted by Gasteiger charge is 2.19. The third-order valence-corrected chi connectivity index (χ3v) is 5.63. The highest BCUT2D eigenvalue weighted by Crippen LogP contribution is 2.23. The predicted molar refractivity (Wildman–Crippen MR) is 106 cm³/mol. The first-order valence-electron chi connectivity index (χ1n) is 8.21. The van der Waals surface area contributed by atoms with Crippen LogP contribution in [0.3, 0.4) is 0 Å². The van der Waals surface area contributed by atoms with Gasteiger partial charge in [0.15, 0.2) is 9.84 Å². The van der Waals surface area contributed by atoms with Crippen LogP contribution in [0.15, 0.2) is 47.4 Å². The second-order valence-electron chi connectivity index (χ2n) is 6.38. The van der Waals surface area contributed by atoms with Crippen molar-refractivity contribution in [2.75, 3.05) is 34.0 Å². The van der Waals surface area contributed by atoms with Gasteiger partial charge in [-0.2, -0.15) is 0 Å². The van der Waals surface area contributed by atoms with Gasteiger partial charge in [-0.05, 0) is 50.0 Å². The maximum atomic E-state index is 12.6. The summed E-state index contributed by atoms with van der Waals surface area (Å²) in [6.07, 6.45) is 1.09. The number of rotatable bonds is 7. The number of hydrogen-bond acceptors (Lipinski definition) is 5. The number of likely N-dealkylation sites (N-methyl/N-ethyl adjacent to an activating group) is 1. The molecule has 2 rings (SSSR count). The van der Waals surface area contributed by atoms with Crippen LogP contribution < -0.4 is 10.1 Å². The number of sulfone groups is 1. The molecule has 1 N–H and O–H groups in total. The van der Waals surface area contributed by atoms with Gasteiger partial charge < -0.3 is 15.0 Å². The van der Waals surface area contributed by atoms with Crippen LogP contribution in [0.25, 0.3) is 0 Å². The van der Waals surface area contributed by atoms with Crippen LogP contribution in [0.1, 0.15) is 22.0 Å². The van der Waals surface area contributed by atoms with Crippen LogP contribution in [-0.4, -0.2) is 53.2 Å². The van der Waals surface area contributed by atoms with Gasteiger partial charge in [0, 0.05) is 12.8 Å². The fourth-order valence-electron chi connectivity index (χ4n) is 2.62. The zero-order valence-electron chi connectivity index (χ0n) is 15.7. The van der Waals surface area contributed by atoms with E-state index in [1.54, 1.807) is 7.11 Å². The molecule has 0 heterocycles. The number of nitrogens with one attached hydrogen (secondary N) is 1. The molecule has 0 radical (unpaired) electrons. The molecule has 8 heteroatoms. The summed E-state index contributed by atoms with van der Waals surface area (Å²) in [4.78, 5) is 14.6. The van der Waals surface area contributed by atoms with E-state index in [0.717, 1.165) is 17.6 Å². The van der Waals surface area contributed by atoms with Crippen molar-refractivity contribution in [3.8, 4) is 5.75 Å². The van der Waals surface area contributed by atoms with Gasteiger partial charge in [0.1, 0.15) is 5.75 Å². The minimum absolute atomic E-state index is 0.0522. The number of ether oxygens (including phenoxy) is 1. The van der Waals surface area contributed by atoms with Gasteiger partial charge >= 0.3 is 0 Å². The van der Waals surface area contributed by atoms with Crippen molar-refractivity contribution in [2.24, 2.45) is 0 Å². The molecular formula is C19H23ClN2O4S. The van der Waals surface area contributed by atoms with Crippen molar-refractivity contribution in [2.45, 2.75) is 10.9 Å². The molecule has 6 nitrogen and oxygen atoms in total. The van der Waals surface area contributed by atoms with Gasteiger partial charge in [-0.3, -0.25) is 4.79 Å². The summed E-state index contributed by atoms with van der Waals surface area (Å²) in [5.41, 5.74) is 1.14. The van der Waals surface area contributed by atoms with Crippen molar-refractivity contribution < 1.29 is 17.9 Å². The van der Waals surface area contributed by atoms with Crippen LogP contribution in [0.5, 0.6) is 5.75 Å². The predicted octanol–water partition coefficient (Wildman–Crippen LogP) is 2.78. The average molecular weight is 411 g/mol. The van der Waals surface area contributed by atoms with Crippen molar-refractivity contribution in [3.05, 3.63) is 58.6 Å². The summed E-state index contributed by atoms with van der Waals surface area (Å²) in [5, 5.41) is 3.04. The van der Waals surface area contributed by atoms with Gasteiger partial charge in [0.05, 0.1) is 28.6 Å². The fraction of sp³-hybridized carbons (Fsp3) is 0.316. The highest BCUT2D eigenvalue weighted by atomic mass is 35.5. The number of halogens is 1. The molecule has 27 heavy (non-hydrogen) atoms. The van der Waals surface area contributed by atoms with Crippen molar-refractivity contribution in [1.29, 1.82) is 0 Å². The normalized spacial score (nSPS) is 12.7. The molecule has 0 spiro atoms. The van der Waals surface area contributed by atoms with Crippen LogP contribution in [-0.2, 0) is 9.84 Å². The Labute approximate surface area is 165 Å². The van der Waals surface area contributed by atoms with E-state index in [4.69, 9.17) is 16.3 Å². The SMILES string of the molecule is COc1ccc(C(CNC(=O)c2cc(S(C)(=O)=O)ccc2Cl)N(C)C)cc1. The molecule has 2 aromatic carbocycles. The Kier molecular flexibility index (Phi) is 6.86. The third kappa shape index (κ3) is 5.45. The van der Waals surface area contributed by atoms with E-state index in [1.165, 1.54) is 18.2 Å². The topological polar surface area (TPSA) is 75.7 Å². The summed E-state index contributed by atoms with van der Waals surface area (Å²) in [6, 6.07) is 11.6. The van der Waals surface area contributed by atoms with Crippen molar-refractivity contribution >= 4 is 27.3 Å². The van der Waals surface area contributed by atoms with Crippen molar-refractivity contribution in [1.82, 2.24) is 10.2 Å². The van der Waals surface area contributed by atoms with Crippen LogP contribution in [0, 0.1) is 0 Å². The number of amides is 1. The summed E-state index contributed by atoms with van der Waals surface area (Å²) < 4.78 is 28.6. The van der Waals surface area contributed by atoms with Gasteiger partial charge in [0.2, 0.25) is 0 Å². The van der Waals surface area contributed by atoms with E-state index in [1.807, 2.05) is 43.3 Å². The number of carbonyl (C=O) groups is 1. The van der Waals surface area contributed by atoms with Crippen LogP contribution in [0.2, 0.25) is 5.02 Å². The van der Waals surface area contributed by atoms with E-state index in [0.29, 0.717) is 6.54 Å². The molecule has 0 aromatic heterocycles. The first-order valence-corrected chi connectivity index (χ1v) is 10.5. The van der Waals surface area contributed by atoms with E-state index in [-0.39, 0.29) is 21.5 Å². The molecule has 0 aliphatic heterocycles. The first kappa shape index (κ1) is 21.2. The number of methoxy groups -OCH3 is 1. The molecule has 0 saturated carbocycles. The lowest BCUT2D eigenvalue weighted by Gasteiger charge is -2.25. The van der Waals surface area contributed by atoms with Gasteiger partial charge in [-0.1, -0.05) is 23.7 Å². The molecule has 1 amide bonds. The summed E-state index contributed by atoms with van der Waals surface area (Å²) in [6.45, 7) is 0.331. The maximum absolute atomic E-state index is 12.6. The smallest absolute Gasteiger partial charge is 0.252 e. The largest absolute Gasteiger partial charge is 0.497 e. The number of nitrogens with zero attached hydrogens (tertiary/aromatic N) is 1. The minimum atomic E-state index is -3.43. The molecule has 2 aromatic rings. The van der Waals surface area contributed by atoms with Crippen LogP contribution in [0.4, 0.5) is 0 Å².